The first-order valence-electron chi connectivity index (χ1n) is 6.84. The number of anilines is 1. The van der Waals surface area contributed by atoms with E-state index < -0.39 is 0 Å². The largest absolute Gasteiger partial charge is 0.495 e. The van der Waals surface area contributed by atoms with Crippen LogP contribution in [0, 0.1) is 5.92 Å². The van der Waals surface area contributed by atoms with Crippen LogP contribution in [-0.2, 0) is 9.53 Å². The van der Waals surface area contributed by atoms with Crippen molar-refractivity contribution < 1.29 is 14.3 Å². The number of carbonyl (C=O) groups is 1. The van der Waals surface area contributed by atoms with E-state index in [2.05, 4.69) is 24.5 Å². The van der Waals surface area contributed by atoms with Crippen LogP contribution in [-0.4, -0.2) is 39.3 Å². The zero-order valence-corrected chi connectivity index (χ0v) is 12.4. The molecule has 0 saturated carbocycles. The Morgan fingerprint density at radius 1 is 1.30 bits per heavy atom. The van der Waals surface area contributed by atoms with Gasteiger partial charge in [-0.3, -0.25) is 4.79 Å². The monoisotopic (exact) mass is 280 g/mol. The predicted octanol–water partition coefficient (Wildman–Crippen LogP) is 1.90. The summed E-state index contributed by atoms with van der Waals surface area (Å²) in [5.41, 5.74) is 0.679. The smallest absolute Gasteiger partial charge is 0.238 e. The maximum Gasteiger partial charge on any atom is 0.238 e. The quantitative estimate of drug-likeness (QED) is 0.678. The second-order valence-corrected chi connectivity index (χ2v) is 4.89. The van der Waals surface area contributed by atoms with E-state index in [0.717, 1.165) is 6.61 Å². The Labute approximate surface area is 120 Å². The molecule has 0 unspecified atom stereocenters. The normalized spacial score (nSPS) is 10.6. The highest BCUT2D eigenvalue weighted by molar-refractivity contribution is 5.93. The molecule has 0 bridgehead atoms. The second-order valence-electron chi connectivity index (χ2n) is 4.89. The van der Waals surface area contributed by atoms with Crippen molar-refractivity contribution in [3.8, 4) is 5.75 Å². The number of rotatable bonds is 9. The molecule has 0 saturated heterocycles. The average Bonchev–Trinajstić information content (AvgIpc) is 2.43. The Bertz CT molecular complexity index is 408. The molecule has 112 valence electrons. The Morgan fingerprint density at radius 3 is 2.75 bits per heavy atom. The highest BCUT2D eigenvalue weighted by Gasteiger charge is 2.06. The molecule has 2 N–H and O–H groups in total. The highest BCUT2D eigenvalue weighted by Crippen LogP contribution is 2.22. The van der Waals surface area contributed by atoms with Crippen LogP contribution in [0.4, 0.5) is 5.69 Å². The fourth-order valence-corrected chi connectivity index (χ4v) is 1.61. The standard InChI is InChI=1S/C15H24N2O3/c1-12(2)11-20-9-8-16-10-15(18)17-13-6-4-5-7-14(13)19-3/h4-7,12,16H,8-11H2,1-3H3,(H,17,18). The minimum absolute atomic E-state index is 0.0987. The molecule has 5 heteroatoms. The van der Waals surface area contributed by atoms with Gasteiger partial charge < -0.3 is 20.1 Å². The fraction of sp³-hybridized carbons (Fsp3) is 0.533. The third-order valence-corrected chi connectivity index (χ3v) is 2.54. The first-order valence-corrected chi connectivity index (χ1v) is 6.84. The van der Waals surface area contributed by atoms with Crippen LogP contribution in [0.15, 0.2) is 24.3 Å². The molecule has 1 rings (SSSR count). The van der Waals surface area contributed by atoms with E-state index in [1.54, 1.807) is 7.11 Å². The maximum atomic E-state index is 11.8. The van der Waals surface area contributed by atoms with E-state index in [1.807, 2.05) is 24.3 Å². The van der Waals surface area contributed by atoms with Crippen LogP contribution in [0.5, 0.6) is 5.75 Å². The Balaban J connectivity index is 2.20. The molecule has 0 aliphatic heterocycles. The van der Waals surface area contributed by atoms with Crippen molar-refractivity contribution in [1.29, 1.82) is 0 Å². The number of hydrogen-bond acceptors (Lipinski definition) is 4. The highest BCUT2D eigenvalue weighted by atomic mass is 16.5. The van der Waals surface area contributed by atoms with Gasteiger partial charge in [0.05, 0.1) is 25.9 Å². The summed E-state index contributed by atoms with van der Waals surface area (Å²) >= 11 is 0. The lowest BCUT2D eigenvalue weighted by molar-refractivity contribution is -0.115. The number of para-hydroxylation sites is 2. The molecule has 0 heterocycles. The Morgan fingerprint density at radius 2 is 2.05 bits per heavy atom. The van der Waals surface area contributed by atoms with Crippen LogP contribution in [0.2, 0.25) is 0 Å². The zero-order valence-electron chi connectivity index (χ0n) is 12.4. The summed E-state index contributed by atoms with van der Waals surface area (Å²) in [6, 6.07) is 7.33. The van der Waals surface area contributed by atoms with Gasteiger partial charge in [-0.25, -0.2) is 0 Å². The molecule has 0 atom stereocenters. The Hall–Kier alpha value is -1.59. The minimum atomic E-state index is -0.0987. The first kappa shape index (κ1) is 16.5. The summed E-state index contributed by atoms with van der Waals surface area (Å²) in [7, 11) is 1.58. The van der Waals surface area contributed by atoms with Crippen LogP contribution >= 0.6 is 0 Å². The number of nitrogens with one attached hydrogen (secondary N) is 2. The van der Waals surface area contributed by atoms with Crippen molar-refractivity contribution in [3.05, 3.63) is 24.3 Å². The van der Waals surface area contributed by atoms with Gasteiger partial charge in [0.25, 0.3) is 0 Å². The molecular formula is C15H24N2O3. The fourth-order valence-electron chi connectivity index (χ4n) is 1.61. The van der Waals surface area contributed by atoms with Crippen LogP contribution in [0.1, 0.15) is 13.8 Å². The number of methoxy groups -OCH3 is 1. The van der Waals surface area contributed by atoms with Gasteiger partial charge in [0.1, 0.15) is 5.75 Å². The van der Waals surface area contributed by atoms with Gasteiger partial charge in [-0.2, -0.15) is 0 Å². The zero-order chi connectivity index (χ0) is 14.8. The topological polar surface area (TPSA) is 59.6 Å². The molecule has 0 fully saturated rings. The van der Waals surface area contributed by atoms with Gasteiger partial charge in [-0.05, 0) is 18.1 Å². The maximum absolute atomic E-state index is 11.8. The molecule has 0 aliphatic rings. The summed E-state index contributed by atoms with van der Waals surface area (Å²) in [5.74, 6) is 1.09. The van der Waals surface area contributed by atoms with Crippen molar-refractivity contribution in [2.75, 3.05) is 38.7 Å². The van der Waals surface area contributed by atoms with Crippen LogP contribution < -0.4 is 15.4 Å². The number of hydrogen-bond donors (Lipinski definition) is 2. The van der Waals surface area contributed by atoms with E-state index in [9.17, 15) is 4.79 Å². The average molecular weight is 280 g/mol. The molecule has 1 aromatic carbocycles. The summed E-state index contributed by atoms with van der Waals surface area (Å²) in [4.78, 5) is 11.8. The second kappa shape index (κ2) is 9.34. The molecule has 5 nitrogen and oxygen atoms in total. The van der Waals surface area contributed by atoms with Gasteiger partial charge >= 0.3 is 0 Å². The lowest BCUT2D eigenvalue weighted by Gasteiger charge is -2.10. The van der Waals surface area contributed by atoms with Crippen molar-refractivity contribution >= 4 is 11.6 Å². The molecule has 0 aromatic heterocycles. The van der Waals surface area contributed by atoms with Crippen molar-refractivity contribution in [2.24, 2.45) is 5.92 Å². The summed E-state index contributed by atoms with van der Waals surface area (Å²) in [6.07, 6.45) is 0. The summed E-state index contributed by atoms with van der Waals surface area (Å²) in [6.45, 7) is 6.48. The van der Waals surface area contributed by atoms with Crippen LogP contribution in [0.25, 0.3) is 0 Å². The SMILES string of the molecule is COc1ccccc1NC(=O)CNCCOCC(C)C. The third-order valence-electron chi connectivity index (χ3n) is 2.54. The lowest BCUT2D eigenvalue weighted by Crippen LogP contribution is -2.30. The molecule has 1 amide bonds. The molecule has 20 heavy (non-hydrogen) atoms. The molecule has 0 aliphatic carbocycles. The van der Waals surface area contributed by atoms with Crippen molar-refractivity contribution in [2.45, 2.75) is 13.8 Å². The van der Waals surface area contributed by atoms with Gasteiger partial charge in [0.2, 0.25) is 5.91 Å². The van der Waals surface area contributed by atoms with Crippen molar-refractivity contribution in [1.82, 2.24) is 5.32 Å². The number of ether oxygens (including phenoxy) is 2. The third kappa shape index (κ3) is 6.54. The summed E-state index contributed by atoms with van der Waals surface area (Å²) in [5, 5.41) is 5.84. The number of amides is 1. The molecule has 0 radical (unpaired) electrons. The predicted molar refractivity (Wildman–Crippen MR) is 80.2 cm³/mol. The van der Waals surface area contributed by atoms with E-state index in [4.69, 9.17) is 9.47 Å². The molecule has 0 spiro atoms. The van der Waals surface area contributed by atoms with E-state index in [-0.39, 0.29) is 12.5 Å². The minimum Gasteiger partial charge on any atom is -0.495 e. The molecular weight excluding hydrogens is 256 g/mol. The van der Waals surface area contributed by atoms with E-state index in [1.165, 1.54) is 0 Å². The lowest BCUT2D eigenvalue weighted by atomic mass is 10.2. The van der Waals surface area contributed by atoms with E-state index in [0.29, 0.717) is 30.5 Å². The number of carbonyl (C=O) groups excluding carboxylic acids is 1. The Kier molecular flexibility index (Phi) is 7.69. The van der Waals surface area contributed by atoms with Gasteiger partial charge in [-0.15, -0.1) is 0 Å². The van der Waals surface area contributed by atoms with Gasteiger partial charge in [0, 0.05) is 13.2 Å². The van der Waals surface area contributed by atoms with Crippen LogP contribution in [0.3, 0.4) is 0 Å². The van der Waals surface area contributed by atoms with Gasteiger partial charge in [0.15, 0.2) is 0 Å². The summed E-state index contributed by atoms with van der Waals surface area (Å²) < 4.78 is 10.6. The number of benzene rings is 1. The van der Waals surface area contributed by atoms with Crippen molar-refractivity contribution in [3.63, 3.8) is 0 Å². The van der Waals surface area contributed by atoms with Gasteiger partial charge in [-0.1, -0.05) is 26.0 Å². The molecule has 1 aromatic rings. The van der Waals surface area contributed by atoms with E-state index >= 15 is 0 Å². The first-order chi connectivity index (χ1) is 9.63.